The van der Waals surface area contributed by atoms with E-state index >= 15 is 0 Å². The zero-order chi connectivity index (χ0) is 6.24. The van der Waals surface area contributed by atoms with E-state index in [-0.39, 0.29) is 24.8 Å². The van der Waals surface area contributed by atoms with Gasteiger partial charge < -0.3 is 16.4 Å². The summed E-state index contributed by atoms with van der Waals surface area (Å²) in [5.74, 6) is 0. The van der Waals surface area contributed by atoms with Crippen LogP contribution in [0, 0.1) is 0 Å². The quantitative estimate of drug-likeness (QED) is 0.517. The van der Waals surface area contributed by atoms with E-state index in [9.17, 15) is 0 Å². The molecule has 0 aromatic rings. The summed E-state index contributed by atoms with van der Waals surface area (Å²) in [5, 5.41) is 6.17. The predicted molar refractivity (Wildman–Crippen MR) is 50.3 cm³/mol. The van der Waals surface area contributed by atoms with Crippen molar-refractivity contribution in [2.24, 2.45) is 5.73 Å². The molecule has 5 heteroatoms. The van der Waals surface area contributed by atoms with Crippen molar-refractivity contribution in [2.75, 3.05) is 33.2 Å². The molecule has 0 saturated carbocycles. The van der Waals surface area contributed by atoms with E-state index in [1.807, 2.05) is 7.05 Å². The van der Waals surface area contributed by atoms with Crippen LogP contribution in [0.2, 0.25) is 0 Å². The summed E-state index contributed by atoms with van der Waals surface area (Å²) in [6, 6.07) is 0. The van der Waals surface area contributed by atoms with Gasteiger partial charge in [-0.05, 0) is 7.05 Å². The molecule has 3 nitrogen and oxygen atoms in total. The van der Waals surface area contributed by atoms with Crippen LogP contribution in [0.5, 0.6) is 0 Å². The monoisotopic (exact) mass is 189 g/mol. The van der Waals surface area contributed by atoms with Gasteiger partial charge in [-0.25, -0.2) is 0 Å². The Balaban J connectivity index is -0.000000245. The fourth-order valence-corrected chi connectivity index (χ4v) is 0.440. The zero-order valence-electron chi connectivity index (χ0n) is 6.22. The van der Waals surface area contributed by atoms with Gasteiger partial charge in [-0.1, -0.05) is 0 Å². The van der Waals surface area contributed by atoms with Crippen LogP contribution in [-0.2, 0) is 0 Å². The lowest BCUT2D eigenvalue weighted by Gasteiger charge is -1.99. The third-order valence-corrected chi connectivity index (χ3v) is 0.873. The highest BCUT2D eigenvalue weighted by molar-refractivity contribution is 5.85. The van der Waals surface area contributed by atoms with Crippen LogP contribution in [0.3, 0.4) is 0 Å². The first kappa shape index (κ1) is 16.8. The fraction of sp³-hybridized carbons (Fsp3) is 1.00. The van der Waals surface area contributed by atoms with E-state index in [1.165, 1.54) is 0 Å². The Bertz CT molecular complexity index is 39.9. The van der Waals surface area contributed by atoms with E-state index in [4.69, 9.17) is 5.73 Å². The minimum absolute atomic E-state index is 0. The molecular formula is C5H17Cl2N3. The Kier molecular flexibility index (Phi) is 27.3. The molecule has 0 heterocycles. The Labute approximate surface area is 74.9 Å². The average molecular weight is 190 g/mol. The first-order valence-corrected chi connectivity index (χ1v) is 2.97. The van der Waals surface area contributed by atoms with Crippen molar-refractivity contribution in [3.05, 3.63) is 0 Å². The highest BCUT2D eigenvalue weighted by atomic mass is 35.5. The third kappa shape index (κ3) is 15.8. The van der Waals surface area contributed by atoms with Gasteiger partial charge in [0.05, 0.1) is 0 Å². The second-order valence-corrected chi connectivity index (χ2v) is 1.64. The first-order valence-electron chi connectivity index (χ1n) is 2.97. The van der Waals surface area contributed by atoms with Gasteiger partial charge in [0.2, 0.25) is 0 Å². The first-order chi connectivity index (χ1) is 3.91. The van der Waals surface area contributed by atoms with Crippen molar-refractivity contribution < 1.29 is 0 Å². The molecule has 0 rings (SSSR count). The van der Waals surface area contributed by atoms with Gasteiger partial charge in [-0.15, -0.1) is 24.8 Å². The molecule has 0 amide bonds. The minimum Gasteiger partial charge on any atom is -0.329 e. The molecule has 0 spiro atoms. The minimum atomic E-state index is 0. The second-order valence-electron chi connectivity index (χ2n) is 1.64. The summed E-state index contributed by atoms with van der Waals surface area (Å²) in [6.07, 6.45) is 0. The lowest BCUT2D eigenvalue weighted by molar-refractivity contribution is 0.654. The standard InChI is InChI=1S/C5H15N3.2ClH/c1-7-4-5-8-3-2-6;;/h7-8H,2-6H2,1H3;2*1H. The topological polar surface area (TPSA) is 50.1 Å². The molecular weight excluding hydrogens is 173 g/mol. The van der Waals surface area contributed by atoms with Crippen LogP contribution >= 0.6 is 24.8 Å². The SMILES string of the molecule is CNCCNCCN.Cl.Cl. The highest BCUT2D eigenvalue weighted by Crippen LogP contribution is 1.53. The summed E-state index contributed by atoms with van der Waals surface area (Å²) in [4.78, 5) is 0. The van der Waals surface area contributed by atoms with Crippen molar-refractivity contribution in [3.63, 3.8) is 0 Å². The Morgan fingerprint density at radius 3 is 2.10 bits per heavy atom. The number of nitrogens with one attached hydrogen (secondary N) is 2. The molecule has 0 aromatic carbocycles. The normalized spacial score (nSPS) is 7.80. The average Bonchev–Trinajstić information content (AvgIpc) is 1.81. The predicted octanol–water partition coefficient (Wildman–Crippen LogP) is -0.402. The number of hydrogen-bond acceptors (Lipinski definition) is 3. The van der Waals surface area contributed by atoms with Crippen LogP contribution in [-0.4, -0.2) is 33.2 Å². The van der Waals surface area contributed by atoms with Gasteiger partial charge in [0.1, 0.15) is 0 Å². The van der Waals surface area contributed by atoms with Crippen LogP contribution in [0.1, 0.15) is 0 Å². The van der Waals surface area contributed by atoms with Crippen LogP contribution in [0.15, 0.2) is 0 Å². The van der Waals surface area contributed by atoms with E-state index in [2.05, 4.69) is 10.6 Å². The van der Waals surface area contributed by atoms with Crippen LogP contribution < -0.4 is 16.4 Å². The van der Waals surface area contributed by atoms with Crippen molar-refractivity contribution in [1.29, 1.82) is 0 Å². The molecule has 0 atom stereocenters. The molecule has 0 aliphatic heterocycles. The number of halogens is 2. The molecule has 4 N–H and O–H groups in total. The Morgan fingerprint density at radius 2 is 1.70 bits per heavy atom. The Morgan fingerprint density at radius 1 is 1.10 bits per heavy atom. The lowest BCUT2D eigenvalue weighted by atomic mass is 10.6. The van der Waals surface area contributed by atoms with Gasteiger partial charge in [0.25, 0.3) is 0 Å². The van der Waals surface area contributed by atoms with E-state index in [1.54, 1.807) is 0 Å². The molecule has 0 radical (unpaired) electrons. The van der Waals surface area contributed by atoms with Gasteiger partial charge in [0.15, 0.2) is 0 Å². The molecule has 0 saturated heterocycles. The van der Waals surface area contributed by atoms with Crippen molar-refractivity contribution >= 4 is 24.8 Å². The molecule has 0 aromatic heterocycles. The summed E-state index contributed by atoms with van der Waals surface area (Å²) in [6.45, 7) is 3.67. The highest BCUT2D eigenvalue weighted by Gasteiger charge is 1.79. The van der Waals surface area contributed by atoms with Gasteiger partial charge in [-0.3, -0.25) is 0 Å². The van der Waals surface area contributed by atoms with E-state index in [0.717, 1.165) is 26.2 Å². The summed E-state index contributed by atoms with van der Waals surface area (Å²) in [5.41, 5.74) is 5.23. The van der Waals surface area contributed by atoms with Gasteiger partial charge >= 0.3 is 0 Å². The zero-order valence-corrected chi connectivity index (χ0v) is 7.86. The van der Waals surface area contributed by atoms with Crippen molar-refractivity contribution in [1.82, 2.24) is 10.6 Å². The molecule has 0 bridgehead atoms. The summed E-state index contributed by atoms with van der Waals surface area (Å²) >= 11 is 0. The summed E-state index contributed by atoms with van der Waals surface area (Å²) in [7, 11) is 1.93. The number of nitrogens with two attached hydrogens (primary N) is 1. The maximum atomic E-state index is 5.23. The Hall–Kier alpha value is 0.460. The van der Waals surface area contributed by atoms with Crippen molar-refractivity contribution in [2.45, 2.75) is 0 Å². The number of hydrogen-bond donors (Lipinski definition) is 3. The molecule has 0 unspecified atom stereocenters. The third-order valence-electron chi connectivity index (χ3n) is 0.873. The molecule has 0 fully saturated rings. The lowest BCUT2D eigenvalue weighted by Crippen LogP contribution is -2.29. The van der Waals surface area contributed by atoms with Crippen molar-refractivity contribution in [3.8, 4) is 0 Å². The van der Waals surface area contributed by atoms with Gasteiger partial charge in [-0.2, -0.15) is 0 Å². The second kappa shape index (κ2) is 16.2. The van der Waals surface area contributed by atoms with E-state index < -0.39 is 0 Å². The maximum Gasteiger partial charge on any atom is 0.00771 e. The fourth-order valence-electron chi connectivity index (χ4n) is 0.440. The number of likely N-dealkylation sites (N-methyl/N-ethyl adjacent to an activating group) is 1. The smallest absolute Gasteiger partial charge is 0.00771 e. The number of rotatable bonds is 5. The van der Waals surface area contributed by atoms with Crippen LogP contribution in [0.4, 0.5) is 0 Å². The molecule has 10 heavy (non-hydrogen) atoms. The largest absolute Gasteiger partial charge is 0.329 e. The van der Waals surface area contributed by atoms with E-state index in [0.29, 0.717) is 0 Å². The molecule has 0 aliphatic carbocycles. The molecule has 66 valence electrons. The molecule has 0 aliphatic rings. The maximum absolute atomic E-state index is 5.23. The summed E-state index contributed by atoms with van der Waals surface area (Å²) < 4.78 is 0. The van der Waals surface area contributed by atoms with Crippen LogP contribution in [0.25, 0.3) is 0 Å². The van der Waals surface area contributed by atoms with Gasteiger partial charge in [0, 0.05) is 26.2 Å².